The van der Waals surface area contributed by atoms with Gasteiger partial charge in [0.05, 0.1) is 0 Å². The standard InChI is InChI=1S/C13H27S/c1-2-3-4-5-6-8-11-14-12-9-7-10-13-14/h2-13H2,1H3/q+1. The van der Waals surface area contributed by atoms with Crippen molar-refractivity contribution in [1.29, 1.82) is 0 Å². The van der Waals surface area contributed by atoms with Crippen LogP contribution < -0.4 is 0 Å². The molecule has 0 aromatic carbocycles. The Balaban J connectivity index is 1.82. The summed E-state index contributed by atoms with van der Waals surface area (Å²) in [6, 6.07) is 0. The van der Waals surface area contributed by atoms with E-state index >= 15 is 0 Å². The van der Waals surface area contributed by atoms with Crippen molar-refractivity contribution in [1.82, 2.24) is 0 Å². The molecule has 0 aromatic rings. The summed E-state index contributed by atoms with van der Waals surface area (Å²) in [5.74, 6) is 4.69. The molecule has 0 amide bonds. The van der Waals surface area contributed by atoms with Gasteiger partial charge in [0.2, 0.25) is 0 Å². The Bertz CT molecular complexity index is 116. The van der Waals surface area contributed by atoms with Gasteiger partial charge in [-0.2, -0.15) is 0 Å². The van der Waals surface area contributed by atoms with Gasteiger partial charge in [0.15, 0.2) is 0 Å². The van der Waals surface area contributed by atoms with Crippen LogP contribution in [0, 0.1) is 0 Å². The van der Waals surface area contributed by atoms with Crippen LogP contribution in [0.3, 0.4) is 0 Å². The second kappa shape index (κ2) is 8.64. The van der Waals surface area contributed by atoms with Crippen molar-refractivity contribution >= 4 is 10.9 Å². The molecule has 1 fully saturated rings. The zero-order chi connectivity index (χ0) is 10.1. The SMILES string of the molecule is CCCCCCCC[S+]1CCCCC1. The van der Waals surface area contributed by atoms with E-state index in [4.69, 9.17) is 0 Å². The molecule has 0 spiro atoms. The van der Waals surface area contributed by atoms with Gasteiger partial charge in [-0.1, -0.05) is 32.6 Å². The van der Waals surface area contributed by atoms with Gasteiger partial charge in [0.1, 0.15) is 17.3 Å². The number of rotatable bonds is 7. The summed E-state index contributed by atoms with van der Waals surface area (Å²) in [7, 11) is 0.848. The van der Waals surface area contributed by atoms with Crippen molar-refractivity contribution in [3.05, 3.63) is 0 Å². The molecule has 0 nitrogen and oxygen atoms in total. The summed E-state index contributed by atoms with van der Waals surface area (Å²) in [4.78, 5) is 0. The summed E-state index contributed by atoms with van der Waals surface area (Å²) >= 11 is 0. The van der Waals surface area contributed by atoms with Gasteiger partial charge < -0.3 is 0 Å². The molecule has 0 aromatic heterocycles. The summed E-state index contributed by atoms with van der Waals surface area (Å²) in [6.07, 6.45) is 13.4. The van der Waals surface area contributed by atoms with E-state index in [1.54, 1.807) is 17.3 Å². The van der Waals surface area contributed by atoms with Crippen LogP contribution in [0.5, 0.6) is 0 Å². The molecule has 14 heavy (non-hydrogen) atoms. The second-order valence-electron chi connectivity index (χ2n) is 4.55. The van der Waals surface area contributed by atoms with Crippen molar-refractivity contribution in [3.8, 4) is 0 Å². The molecule has 0 radical (unpaired) electrons. The van der Waals surface area contributed by atoms with Gasteiger partial charge in [-0.25, -0.2) is 0 Å². The van der Waals surface area contributed by atoms with Crippen LogP contribution in [0.1, 0.15) is 64.7 Å². The Morgan fingerprint density at radius 1 is 0.786 bits per heavy atom. The maximum atomic E-state index is 2.30. The van der Waals surface area contributed by atoms with Crippen molar-refractivity contribution < 1.29 is 0 Å². The number of hydrogen-bond donors (Lipinski definition) is 0. The van der Waals surface area contributed by atoms with Gasteiger partial charge in [0.25, 0.3) is 0 Å². The van der Waals surface area contributed by atoms with Crippen molar-refractivity contribution in [2.75, 3.05) is 17.3 Å². The molecule has 84 valence electrons. The Kier molecular flexibility index (Phi) is 7.67. The average molecular weight is 215 g/mol. The molecular weight excluding hydrogens is 188 g/mol. The zero-order valence-electron chi connectivity index (χ0n) is 9.89. The highest BCUT2D eigenvalue weighted by atomic mass is 32.2. The van der Waals surface area contributed by atoms with Crippen LogP contribution in [0.25, 0.3) is 0 Å². The lowest BCUT2D eigenvalue weighted by molar-refractivity contribution is 0.625. The summed E-state index contributed by atoms with van der Waals surface area (Å²) < 4.78 is 0. The minimum atomic E-state index is 0.848. The van der Waals surface area contributed by atoms with Crippen molar-refractivity contribution in [3.63, 3.8) is 0 Å². The molecule has 0 atom stereocenters. The molecule has 0 bridgehead atoms. The van der Waals surface area contributed by atoms with Crippen LogP contribution in [0.15, 0.2) is 0 Å². The van der Waals surface area contributed by atoms with E-state index in [0.717, 1.165) is 10.9 Å². The fourth-order valence-electron chi connectivity index (χ4n) is 2.18. The predicted molar refractivity (Wildman–Crippen MR) is 69.2 cm³/mol. The highest BCUT2D eigenvalue weighted by Gasteiger charge is 2.20. The van der Waals surface area contributed by atoms with Crippen LogP contribution in [-0.2, 0) is 10.9 Å². The zero-order valence-corrected chi connectivity index (χ0v) is 10.7. The Hall–Kier alpha value is 0.350. The molecule has 0 N–H and O–H groups in total. The molecule has 1 aliphatic heterocycles. The summed E-state index contributed by atoms with van der Waals surface area (Å²) in [6.45, 7) is 2.30. The second-order valence-corrected chi connectivity index (χ2v) is 7.00. The molecule has 1 heteroatoms. The van der Waals surface area contributed by atoms with E-state index in [2.05, 4.69) is 6.92 Å². The predicted octanol–water partition coefficient (Wildman–Crippen LogP) is 4.15. The van der Waals surface area contributed by atoms with Gasteiger partial charge in [-0.05, 0) is 43.0 Å². The van der Waals surface area contributed by atoms with Gasteiger partial charge >= 0.3 is 0 Å². The van der Waals surface area contributed by atoms with E-state index in [1.165, 1.54) is 57.8 Å². The van der Waals surface area contributed by atoms with Crippen LogP contribution in [-0.4, -0.2) is 17.3 Å². The van der Waals surface area contributed by atoms with E-state index in [1.807, 2.05) is 0 Å². The molecule has 1 saturated heterocycles. The molecule has 0 aliphatic carbocycles. The lowest BCUT2D eigenvalue weighted by atomic mass is 10.1. The first-order valence-corrected chi connectivity index (χ1v) is 8.31. The normalized spacial score (nSPS) is 18.6. The molecule has 1 rings (SSSR count). The fourth-order valence-corrected chi connectivity index (χ4v) is 4.63. The maximum absolute atomic E-state index is 2.30. The Labute approximate surface area is 93.2 Å². The quantitative estimate of drug-likeness (QED) is 0.442. The van der Waals surface area contributed by atoms with Crippen LogP contribution >= 0.6 is 0 Å². The monoisotopic (exact) mass is 215 g/mol. The third-order valence-electron chi connectivity index (χ3n) is 3.15. The number of hydrogen-bond acceptors (Lipinski definition) is 0. The third-order valence-corrected chi connectivity index (χ3v) is 5.75. The smallest absolute Gasteiger partial charge is 0.0654 e. The molecule has 1 aliphatic rings. The van der Waals surface area contributed by atoms with Crippen molar-refractivity contribution in [2.45, 2.75) is 64.7 Å². The topological polar surface area (TPSA) is 0 Å². The van der Waals surface area contributed by atoms with Crippen LogP contribution in [0.4, 0.5) is 0 Å². The van der Waals surface area contributed by atoms with E-state index < -0.39 is 0 Å². The lowest BCUT2D eigenvalue weighted by Gasteiger charge is -2.13. The molecule has 0 saturated carbocycles. The third kappa shape index (κ3) is 5.95. The maximum Gasteiger partial charge on any atom is 0.108 e. The summed E-state index contributed by atoms with van der Waals surface area (Å²) in [5.41, 5.74) is 0. The first-order valence-electron chi connectivity index (χ1n) is 6.57. The Morgan fingerprint density at radius 2 is 1.43 bits per heavy atom. The highest BCUT2D eigenvalue weighted by Crippen LogP contribution is 2.16. The van der Waals surface area contributed by atoms with Gasteiger partial charge in [-0.15, -0.1) is 0 Å². The first kappa shape index (κ1) is 12.4. The average Bonchev–Trinajstić information content (AvgIpc) is 2.25. The highest BCUT2D eigenvalue weighted by molar-refractivity contribution is 7.96. The fraction of sp³-hybridized carbons (Fsp3) is 1.00. The van der Waals surface area contributed by atoms with E-state index in [0.29, 0.717) is 0 Å². The van der Waals surface area contributed by atoms with Gasteiger partial charge in [0, 0.05) is 0 Å². The van der Waals surface area contributed by atoms with Gasteiger partial charge in [-0.3, -0.25) is 0 Å². The minimum Gasteiger partial charge on any atom is -0.0654 e. The summed E-state index contributed by atoms with van der Waals surface area (Å²) in [5, 5.41) is 0. The molecular formula is C13H27S+. The van der Waals surface area contributed by atoms with Crippen LogP contribution in [0.2, 0.25) is 0 Å². The number of unbranched alkanes of at least 4 members (excludes halogenated alkanes) is 5. The van der Waals surface area contributed by atoms with E-state index in [-0.39, 0.29) is 0 Å². The van der Waals surface area contributed by atoms with Crippen molar-refractivity contribution in [2.24, 2.45) is 0 Å². The molecule has 1 heterocycles. The Morgan fingerprint density at radius 3 is 2.14 bits per heavy atom. The first-order chi connectivity index (χ1) is 6.93. The largest absolute Gasteiger partial charge is 0.108 e. The minimum absolute atomic E-state index is 0.848. The van der Waals surface area contributed by atoms with E-state index in [9.17, 15) is 0 Å². The lowest BCUT2D eigenvalue weighted by Crippen LogP contribution is -2.20. The molecule has 0 unspecified atom stereocenters.